The zero-order valence-electron chi connectivity index (χ0n) is 14.0. The van der Waals surface area contributed by atoms with Gasteiger partial charge in [-0.2, -0.15) is 0 Å². The van der Waals surface area contributed by atoms with Gasteiger partial charge in [-0.1, -0.05) is 30.3 Å². The Morgan fingerprint density at radius 1 is 1.25 bits per heavy atom. The molecule has 2 atom stereocenters. The van der Waals surface area contributed by atoms with Gasteiger partial charge in [-0.25, -0.2) is 4.79 Å². The molecule has 0 radical (unpaired) electrons. The van der Waals surface area contributed by atoms with E-state index in [1.165, 1.54) is 5.56 Å². The Kier molecular flexibility index (Phi) is 7.21. The van der Waals surface area contributed by atoms with E-state index in [4.69, 9.17) is 14.6 Å². The maximum Gasteiger partial charge on any atom is 0.334 e. The maximum absolute atomic E-state index is 12.2. The molecule has 24 heavy (non-hydrogen) atoms. The third-order valence-electron chi connectivity index (χ3n) is 3.95. The standard InChI is InChI=1S/C18H25NO5/c1-14-12-19(13-16(24-14)18(21)22)17(20)8-5-10-23-11-9-15-6-3-2-4-7-15/h2-4,6-7,14,16H,5,8-13H2,1H3,(H,21,22)/t14-,16?/m1/s1. The van der Waals surface area contributed by atoms with Crippen molar-refractivity contribution in [2.45, 2.75) is 38.4 Å². The topological polar surface area (TPSA) is 76.1 Å². The van der Waals surface area contributed by atoms with Gasteiger partial charge in [0.25, 0.3) is 0 Å². The Labute approximate surface area is 142 Å². The molecule has 0 aliphatic carbocycles. The highest BCUT2D eigenvalue weighted by atomic mass is 16.5. The predicted octanol–water partition coefficient (Wildman–Crippen LogP) is 1.73. The number of aliphatic carboxylic acids is 1. The number of morpholine rings is 1. The zero-order valence-corrected chi connectivity index (χ0v) is 14.0. The van der Waals surface area contributed by atoms with Crippen LogP contribution in [0.15, 0.2) is 30.3 Å². The summed E-state index contributed by atoms with van der Waals surface area (Å²) in [5.74, 6) is -1.06. The summed E-state index contributed by atoms with van der Waals surface area (Å²) >= 11 is 0. The second-order valence-electron chi connectivity index (χ2n) is 6.02. The summed E-state index contributed by atoms with van der Waals surface area (Å²) in [6.45, 7) is 3.50. The number of amides is 1. The van der Waals surface area contributed by atoms with Gasteiger partial charge in [0, 0.05) is 19.6 Å². The summed E-state index contributed by atoms with van der Waals surface area (Å²) in [7, 11) is 0. The van der Waals surface area contributed by atoms with E-state index < -0.39 is 12.1 Å². The van der Waals surface area contributed by atoms with Gasteiger partial charge in [-0.3, -0.25) is 4.79 Å². The van der Waals surface area contributed by atoms with Crippen LogP contribution in [0.4, 0.5) is 0 Å². The fourth-order valence-electron chi connectivity index (χ4n) is 2.71. The fraction of sp³-hybridized carbons (Fsp3) is 0.556. The highest BCUT2D eigenvalue weighted by Gasteiger charge is 2.32. The van der Waals surface area contributed by atoms with Gasteiger partial charge in [0.05, 0.1) is 19.3 Å². The van der Waals surface area contributed by atoms with E-state index in [1.54, 1.807) is 11.8 Å². The van der Waals surface area contributed by atoms with Crippen molar-refractivity contribution < 1.29 is 24.2 Å². The Balaban J connectivity index is 1.61. The Bertz CT molecular complexity index is 533. The van der Waals surface area contributed by atoms with E-state index in [2.05, 4.69) is 12.1 Å². The quantitative estimate of drug-likeness (QED) is 0.732. The number of ether oxygens (including phenoxy) is 2. The molecule has 0 saturated carbocycles. The van der Waals surface area contributed by atoms with E-state index >= 15 is 0 Å². The fourth-order valence-corrected chi connectivity index (χ4v) is 2.71. The van der Waals surface area contributed by atoms with Crippen molar-refractivity contribution in [1.29, 1.82) is 0 Å². The van der Waals surface area contributed by atoms with Crippen LogP contribution in [0, 0.1) is 0 Å². The number of rotatable bonds is 8. The molecule has 1 aromatic carbocycles. The van der Waals surface area contributed by atoms with E-state index in [9.17, 15) is 9.59 Å². The smallest absolute Gasteiger partial charge is 0.334 e. The average molecular weight is 335 g/mol. The van der Waals surface area contributed by atoms with Crippen molar-refractivity contribution >= 4 is 11.9 Å². The van der Waals surface area contributed by atoms with Crippen molar-refractivity contribution in [2.75, 3.05) is 26.3 Å². The second-order valence-corrected chi connectivity index (χ2v) is 6.02. The highest BCUT2D eigenvalue weighted by Crippen LogP contribution is 2.13. The van der Waals surface area contributed by atoms with Gasteiger partial charge in [0.15, 0.2) is 6.10 Å². The first-order valence-corrected chi connectivity index (χ1v) is 8.34. The molecule has 1 unspecified atom stereocenters. The molecule has 1 saturated heterocycles. The van der Waals surface area contributed by atoms with E-state index in [1.807, 2.05) is 18.2 Å². The summed E-state index contributed by atoms with van der Waals surface area (Å²) in [6, 6.07) is 10.1. The lowest BCUT2D eigenvalue weighted by Gasteiger charge is -2.35. The minimum absolute atomic E-state index is 0.0388. The third-order valence-corrected chi connectivity index (χ3v) is 3.95. The molecule has 1 aliphatic heterocycles. The number of carboxylic acid groups (broad SMARTS) is 1. The molecule has 1 fully saturated rings. The molecule has 1 aromatic rings. The van der Waals surface area contributed by atoms with Crippen LogP contribution in [0.25, 0.3) is 0 Å². The largest absolute Gasteiger partial charge is 0.479 e. The van der Waals surface area contributed by atoms with Crippen LogP contribution in [0.5, 0.6) is 0 Å². The van der Waals surface area contributed by atoms with Gasteiger partial charge >= 0.3 is 5.97 Å². The van der Waals surface area contributed by atoms with Crippen LogP contribution in [0.1, 0.15) is 25.3 Å². The number of hydrogen-bond acceptors (Lipinski definition) is 4. The molecule has 1 amide bonds. The lowest BCUT2D eigenvalue weighted by Crippen LogP contribution is -2.51. The highest BCUT2D eigenvalue weighted by molar-refractivity contribution is 5.78. The summed E-state index contributed by atoms with van der Waals surface area (Å²) in [5, 5.41) is 9.04. The summed E-state index contributed by atoms with van der Waals surface area (Å²) in [6.07, 6.45) is 0.670. The Morgan fingerprint density at radius 3 is 2.71 bits per heavy atom. The second kappa shape index (κ2) is 9.39. The lowest BCUT2D eigenvalue weighted by molar-refractivity contribution is -0.166. The van der Waals surface area contributed by atoms with Crippen molar-refractivity contribution in [3.8, 4) is 0 Å². The first kappa shape index (κ1) is 18.4. The summed E-state index contributed by atoms with van der Waals surface area (Å²) < 4.78 is 10.9. The number of benzene rings is 1. The minimum atomic E-state index is -1.02. The van der Waals surface area contributed by atoms with Crippen LogP contribution < -0.4 is 0 Å². The number of carbonyl (C=O) groups is 2. The lowest BCUT2D eigenvalue weighted by atomic mass is 10.2. The third kappa shape index (κ3) is 5.94. The summed E-state index contributed by atoms with van der Waals surface area (Å²) in [5.41, 5.74) is 1.23. The van der Waals surface area contributed by atoms with Crippen molar-refractivity contribution in [2.24, 2.45) is 0 Å². The molecule has 0 spiro atoms. The molecule has 1 aliphatic rings. The molecule has 1 N–H and O–H groups in total. The molecule has 6 nitrogen and oxygen atoms in total. The molecule has 0 bridgehead atoms. The number of carbonyl (C=O) groups excluding carboxylic acids is 1. The van der Waals surface area contributed by atoms with Crippen molar-refractivity contribution in [3.63, 3.8) is 0 Å². The monoisotopic (exact) mass is 335 g/mol. The Hall–Kier alpha value is -1.92. The van der Waals surface area contributed by atoms with Crippen molar-refractivity contribution in [3.05, 3.63) is 35.9 Å². The van der Waals surface area contributed by atoms with Gasteiger partial charge in [0.2, 0.25) is 5.91 Å². The van der Waals surface area contributed by atoms with E-state index in [0.29, 0.717) is 32.6 Å². The Morgan fingerprint density at radius 2 is 2.00 bits per heavy atom. The minimum Gasteiger partial charge on any atom is -0.479 e. The first-order chi connectivity index (χ1) is 11.6. The van der Waals surface area contributed by atoms with Crippen LogP contribution in [0.3, 0.4) is 0 Å². The van der Waals surface area contributed by atoms with Gasteiger partial charge in [-0.15, -0.1) is 0 Å². The average Bonchev–Trinajstić information content (AvgIpc) is 2.58. The normalized spacial score (nSPS) is 20.8. The first-order valence-electron chi connectivity index (χ1n) is 8.34. The SMILES string of the molecule is C[C@@H]1CN(C(=O)CCCOCCc2ccccc2)CC(C(=O)O)O1. The van der Waals surface area contributed by atoms with Crippen LogP contribution in [-0.2, 0) is 25.5 Å². The predicted molar refractivity (Wildman–Crippen MR) is 88.7 cm³/mol. The summed E-state index contributed by atoms with van der Waals surface area (Å²) in [4.78, 5) is 24.8. The number of carboxylic acids is 1. The van der Waals surface area contributed by atoms with E-state index in [0.717, 1.165) is 6.42 Å². The number of hydrogen-bond donors (Lipinski definition) is 1. The van der Waals surface area contributed by atoms with Crippen molar-refractivity contribution in [1.82, 2.24) is 4.90 Å². The van der Waals surface area contributed by atoms with Gasteiger partial charge in [-0.05, 0) is 25.3 Å². The molecular formula is C18H25NO5. The molecule has 2 rings (SSSR count). The van der Waals surface area contributed by atoms with Crippen LogP contribution in [0.2, 0.25) is 0 Å². The molecule has 1 heterocycles. The van der Waals surface area contributed by atoms with Gasteiger partial charge in [0.1, 0.15) is 0 Å². The molecule has 0 aromatic heterocycles. The molecule has 132 valence electrons. The van der Waals surface area contributed by atoms with Gasteiger partial charge < -0.3 is 19.5 Å². The molecule has 6 heteroatoms. The van der Waals surface area contributed by atoms with Crippen LogP contribution in [-0.4, -0.2) is 60.4 Å². The molecular weight excluding hydrogens is 310 g/mol. The zero-order chi connectivity index (χ0) is 17.4. The van der Waals surface area contributed by atoms with E-state index in [-0.39, 0.29) is 18.6 Å². The maximum atomic E-state index is 12.2. The van der Waals surface area contributed by atoms with Crippen LogP contribution >= 0.6 is 0 Å². The number of nitrogens with zero attached hydrogens (tertiary/aromatic N) is 1.